The number of hydrogen-bond acceptors (Lipinski definition) is 5. The van der Waals surface area contributed by atoms with Gasteiger partial charge in [0, 0.05) is 11.3 Å². The van der Waals surface area contributed by atoms with E-state index in [0.29, 0.717) is 0 Å². The zero-order valence-electron chi connectivity index (χ0n) is 15.1. The van der Waals surface area contributed by atoms with E-state index in [1.54, 1.807) is 13.0 Å². The third kappa shape index (κ3) is 6.39. The minimum Gasteiger partial charge on any atom is -0.462 e. The molecule has 29 heavy (non-hydrogen) atoms. The standard InChI is InChI=1S/C20H15F3N2O4/c1-2-28-19(27)13-7-9-16(10-8-13)25-18(26)15(12-24)11-14-5-3-4-6-17(14)29-20(21,22)23/h3-11H,2H2,1H3,(H,25,26)/b15-11+. The zero-order chi connectivity index (χ0) is 21.4. The number of rotatable bonds is 6. The SMILES string of the molecule is CCOC(=O)c1ccc(NC(=O)/C(C#N)=C/c2ccccc2OC(F)(F)F)cc1. The average Bonchev–Trinajstić information content (AvgIpc) is 2.66. The molecule has 0 atom stereocenters. The number of alkyl halides is 3. The van der Waals surface area contributed by atoms with E-state index < -0.39 is 29.6 Å². The Labute approximate surface area is 164 Å². The molecule has 2 rings (SSSR count). The number of anilines is 1. The third-order valence-electron chi connectivity index (χ3n) is 3.46. The van der Waals surface area contributed by atoms with Crippen molar-refractivity contribution >= 4 is 23.6 Å². The lowest BCUT2D eigenvalue weighted by Crippen LogP contribution is -2.18. The van der Waals surface area contributed by atoms with Crippen molar-refractivity contribution in [2.75, 3.05) is 11.9 Å². The maximum Gasteiger partial charge on any atom is 0.573 e. The molecule has 150 valence electrons. The maximum absolute atomic E-state index is 12.5. The van der Waals surface area contributed by atoms with Gasteiger partial charge in [0.15, 0.2) is 0 Å². The summed E-state index contributed by atoms with van der Waals surface area (Å²) < 4.78 is 46.3. The topological polar surface area (TPSA) is 88.4 Å². The van der Waals surface area contributed by atoms with Crippen molar-refractivity contribution in [1.29, 1.82) is 5.26 Å². The summed E-state index contributed by atoms with van der Waals surface area (Å²) in [6.45, 7) is 1.88. The van der Waals surface area contributed by atoms with Crippen molar-refractivity contribution in [2.45, 2.75) is 13.3 Å². The van der Waals surface area contributed by atoms with Gasteiger partial charge in [0.25, 0.3) is 5.91 Å². The molecular weight excluding hydrogens is 389 g/mol. The Kier molecular flexibility index (Phi) is 6.98. The molecule has 0 aromatic heterocycles. The van der Waals surface area contributed by atoms with E-state index in [2.05, 4.69) is 10.1 Å². The van der Waals surface area contributed by atoms with Crippen molar-refractivity contribution in [2.24, 2.45) is 0 Å². The predicted molar refractivity (Wildman–Crippen MR) is 97.7 cm³/mol. The summed E-state index contributed by atoms with van der Waals surface area (Å²) in [6.07, 6.45) is -3.93. The van der Waals surface area contributed by atoms with E-state index in [9.17, 15) is 28.0 Å². The van der Waals surface area contributed by atoms with Gasteiger partial charge in [0.1, 0.15) is 17.4 Å². The first-order valence-corrected chi connectivity index (χ1v) is 8.28. The molecule has 0 fully saturated rings. The van der Waals surface area contributed by atoms with E-state index >= 15 is 0 Å². The molecule has 0 saturated heterocycles. The molecule has 0 aliphatic rings. The Hall–Kier alpha value is -3.80. The third-order valence-corrected chi connectivity index (χ3v) is 3.46. The number of amides is 1. The van der Waals surface area contributed by atoms with E-state index in [4.69, 9.17) is 4.74 Å². The van der Waals surface area contributed by atoms with E-state index in [0.717, 1.165) is 12.1 Å². The normalized spacial score (nSPS) is 11.3. The summed E-state index contributed by atoms with van der Waals surface area (Å²) in [4.78, 5) is 23.9. The Morgan fingerprint density at radius 1 is 1.14 bits per heavy atom. The van der Waals surface area contributed by atoms with Gasteiger partial charge in [-0.05, 0) is 43.3 Å². The molecule has 2 aromatic rings. The minimum absolute atomic E-state index is 0.0887. The molecule has 1 amide bonds. The van der Waals surface area contributed by atoms with Crippen LogP contribution in [0.4, 0.5) is 18.9 Å². The van der Waals surface area contributed by atoms with Crippen LogP contribution in [0, 0.1) is 11.3 Å². The van der Waals surface area contributed by atoms with Gasteiger partial charge in [-0.3, -0.25) is 4.79 Å². The number of ether oxygens (including phenoxy) is 2. The fraction of sp³-hybridized carbons (Fsp3) is 0.150. The van der Waals surface area contributed by atoms with Crippen LogP contribution in [-0.2, 0) is 9.53 Å². The number of carbonyl (C=O) groups excluding carboxylic acids is 2. The predicted octanol–water partition coefficient (Wildman–Crippen LogP) is 4.31. The van der Waals surface area contributed by atoms with Crippen LogP contribution in [-0.4, -0.2) is 24.8 Å². The lowest BCUT2D eigenvalue weighted by atomic mass is 10.1. The molecule has 0 aliphatic heterocycles. The second-order valence-corrected chi connectivity index (χ2v) is 5.51. The Balaban J connectivity index is 2.20. The van der Waals surface area contributed by atoms with Gasteiger partial charge < -0.3 is 14.8 Å². The van der Waals surface area contributed by atoms with Crippen LogP contribution in [0.25, 0.3) is 6.08 Å². The second-order valence-electron chi connectivity index (χ2n) is 5.51. The van der Waals surface area contributed by atoms with Gasteiger partial charge in [-0.1, -0.05) is 18.2 Å². The number of esters is 1. The molecule has 0 radical (unpaired) electrons. The molecule has 2 aromatic carbocycles. The average molecular weight is 404 g/mol. The molecule has 0 unspecified atom stereocenters. The monoisotopic (exact) mass is 404 g/mol. The lowest BCUT2D eigenvalue weighted by molar-refractivity contribution is -0.274. The number of nitriles is 1. The van der Waals surface area contributed by atoms with Gasteiger partial charge >= 0.3 is 12.3 Å². The van der Waals surface area contributed by atoms with Crippen molar-refractivity contribution in [3.63, 3.8) is 0 Å². The number of hydrogen-bond donors (Lipinski definition) is 1. The summed E-state index contributed by atoms with van der Waals surface area (Å²) in [7, 11) is 0. The highest BCUT2D eigenvalue weighted by Crippen LogP contribution is 2.28. The summed E-state index contributed by atoms with van der Waals surface area (Å²) in [5, 5.41) is 11.7. The summed E-state index contributed by atoms with van der Waals surface area (Å²) >= 11 is 0. The lowest BCUT2D eigenvalue weighted by Gasteiger charge is -2.11. The van der Waals surface area contributed by atoms with Crippen LogP contribution in [0.5, 0.6) is 5.75 Å². The highest BCUT2D eigenvalue weighted by Gasteiger charge is 2.31. The molecule has 1 N–H and O–H groups in total. The molecule has 0 aliphatic carbocycles. The van der Waals surface area contributed by atoms with Crippen LogP contribution in [0.1, 0.15) is 22.8 Å². The number of para-hydroxylation sites is 1. The number of halogens is 3. The van der Waals surface area contributed by atoms with Crippen LogP contribution >= 0.6 is 0 Å². The molecule has 0 bridgehead atoms. The summed E-state index contributed by atoms with van der Waals surface area (Å²) in [6, 6.07) is 12.5. The van der Waals surface area contributed by atoms with Gasteiger partial charge in [0.05, 0.1) is 12.2 Å². The first-order valence-electron chi connectivity index (χ1n) is 8.28. The van der Waals surface area contributed by atoms with Gasteiger partial charge in [-0.25, -0.2) is 4.79 Å². The summed E-state index contributed by atoms with van der Waals surface area (Å²) in [5.41, 5.74) is 0.0371. The van der Waals surface area contributed by atoms with Gasteiger partial charge in [-0.15, -0.1) is 13.2 Å². The highest BCUT2D eigenvalue weighted by molar-refractivity contribution is 6.10. The fourth-order valence-corrected chi connectivity index (χ4v) is 2.22. The molecule has 0 saturated carbocycles. The maximum atomic E-state index is 12.5. The first-order chi connectivity index (χ1) is 13.7. The van der Waals surface area contributed by atoms with Crippen molar-refractivity contribution in [1.82, 2.24) is 0 Å². The molecule has 0 spiro atoms. The van der Waals surface area contributed by atoms with Crippen molar-refractivity contribution < 1.29 is 32.2 Å². The minimum atomic E-state index is -4.92. The largest absolute Gasteiger partial charge is 0.573 e. The Morgan fingerprint density at radius 3 is 2.38 bits per heavy atom. The Morgan fingerprint density at radius 2 is 1.79 bits per heavy atom. The molecular formula is C20H15F3N2O4. The number of nitrogens with one attached hydrogen (secondary N) is 1. The number of nitrogens with zero attached hydrogens (tertiary/aromatic N) is 1. The Bertz CT molecular complexity index is 961. The number of benzene rings is 2. The number of carbonyl (C=O) groups is 2. The molecule has 0 heterocycles. The smallest absolute Gasteiger partial charge is 0.462 e. The van der Waals surface area contributed by atoms with Crippen molar-refractivity contribution in [3.8, 4) is 11.8 Å². The quantitative estimate of drug-likeness (QED) is 0.440. The van der Waals surface area contributed by atoms with E-state index in [1.165, 1.54) is 42.5 Å². The van der Waals surface area contributed by atoms with E-state index in [1.807, 2.05) is 0 Å². The van der Waals surface area contributed by atoms with Gasteiger partial charge in [-0.2, -0.15) is 5.26 Å². The zero-order valence-corrected chi connectivity index (χ0v) is 15.1. The molecule has 6 nitrogen and oxygen atoms in total. The van der Waals surface area contributed by atoms with Crippen LogP contribution in [0.3, 0.4) is 0 Å². The van der Waals surface area contributed by atoms with Gasteiger partial charge in [0.2, 0.25) is 0 Å². The molecule has 9 heteroatoms. The van der Waals surface area contributed by atoms with Crippen molar-refractivity contribution in [3.05, 3.63) is 65.2 Å². The highest BCUT2D eigenvalue weighted by atomic mass is 19.4. The van der Waals surface area contributed by atoms with Crippen LogP contribution < -0.4 is 10.1 Å². The van der Waals surface area contributed by atoms with Crippen LogP contribution in [0.2, 0.25) is 0 Å². The van der Waals surface area contributed by atoms with Crippen LogP contribution in [0.15, 0.2) is 54.1 Å². The first kappa shape index (κ1) is 21.5. The summed E-state index contributed by atoms with van der Waals surface area (Å²) in [5.74, 6) is -1.90. The van der Waals surface area contributed by atoms with E-state index in [-0.39, 0.29) is 23.4 Å². The fourth-order valence-electron chi connectivity index (χ4n) is 2.22. The second kappa shape index (κ2) is 9.41.